The van der Waals surface area contributed by atoms with Crippen molar-refractivity contribution in [1.82, 2.24) is 9.97 Å². The molecule has 31 heavy (non-hydrogen) atoms. The normalized spacial score (nSPS) is 11.0. The minimum atomic E-state index is -0.382. The average Bonchev–Trinajstić information content (AvgIpc) is 2.82. The molecule has 0 aliphatic rings. The summed E-state index contributed by atoms with van der Waals surface area (Å²) in [7, 11) is 0. The fourth-order valence-corrected chi connectivity index (χ4v) is 3.64. The third kappa shape index (κ3) is 3.24. The summed E-state index contributed by atoms with van der Waals surface area (Å²) in [6.45, 7) is 1.73. The Morgan fingerprint density at radius 2 is 1.77 bits per heavy atom. The summed E-state index contributed by atoms with van der Waals surface area (Å²) in [5, 5.41) is 4.00. The SMILES string of the molecule is Cc1c(-c2ccccc2)oc2c(C(=O)Nc3ccnc4ccncc34)cccc2c1=O. The van der Waals surface area contributed by atoms with Crippen molar-refractivity contribution in [2.45, 2.75) is 6.92 Å². The smallest absolute Gasteiger partial charge is 0.259 e. The number of carbonyl (C=O) groups is 1. The largest absolute Gasteiger partial charge is 0.455 e. The summed E-state index contributed by atoms with van der Waals surface area (Å²) in [5.74, 6) is 0.0740. The molecular weight excluding hydrogens is 390 g/mol. The lowest BCUT2D eigenvalue weighted by atomic mass is 10.0. The zero-order valence-corrected chi connectivity index (χ0v) is 16.6. The highest BCUT2D eigenvalue weighted by atomic mass is 16.3. The van der Waals surface area contributed by atoms with Gasteiger partial charge in [0.2, 0.25) is 0 Å². The van der Waals surface area contributed by atoms with Gasteiger partial charge in [-0.1, -0.05) is 36.4 Å². The summed E-state index contributed by atoms with van der Waals surface area (Å²) in [6, 6.07) is 17.9. The van der Waals surface area contributed by atoms with E-state index >= 15 is 0 Å². The zero-order chi connectivity index (χ0) is 21.4. The Bertz CT molecular complexity index is 1500. The number of anilines is 1. The van der Waals surface area contributed by atoms with Crippen LogP contribution in [0.2, 0.25) is 0 Å². The van der Waals surface area contributed by atoms with E-state index < -0.39 is 0 Å². The Morgan fingerprint density at radius 1 is 0.935 bits per heavy atom. The second-order valence-corrected chi connectivity index (χ2v) is 7.14. The first-order chi connectivity index (χ1) is 15.1. The van der Waals surface area contributed by atoms with Crippen LogP contribution in [-0.2, 0) is 0 Å². The number of para-hydroxylation sites is 1. The number of hydrogen-bond donors (Lipinski definition) is 1. The summed E-state index contributed by atoms with van der Waals surface area (Å²) in [5.41, 5.74) is 2.96. The van der Waals surface area contributed by atoms with Crippen LogP contribution in [0.4, 0.5) is 5.69 Å². The number of fused-ring (bicyclic) bond motifs is 2. The highest BCUT2D eigenvalue weighted by molar-refractivity contribution is 6.13. The third-order valence-electron chi connectivity index (χ3n) is 5.22. The van der Waals surface area contributed by atoms with Crippen molar-refractivity contribution in [2.24, 2.45) is 0 Å². The fourth-order valence-electron chi connectivity index (χ4n) is 3.64. The van der Waals surface area contributed by atoms with Gasteiger partial charge in [0.05, 0.1) is 22.2 Å². The van der Waals surface area contributed by atoms with E-state index in [4.69, 9.17) is 4.42 Å². The van der Waals surface area contributed by atoms with Crippen LogP contribution in [0, 0.1) is 6.92 Å². The molecule has 3 heterocycles. The van der Waals surface area contributed by atoms with Gasteiger partial charge in [-0.3, -0.25) is 19.6 Å². The summed E-state index contributed by atoms with van der Waals surface area (Å²) in [4.78, 5) is 34.6. The van der Waals surface area contributed by atoms with E-state index in [2.05, 4.69) is 15.3 Å². The van der Waals surface area contributed by atoms with E-state index in [0.717, 1.165) is 16.5 Å². The predicted molar refractivity (Wildman–Crippen MR) is 120 cm³/mol. The first-order valence-electron chi connectivity index (χ1n) is 9.75. The lowest BCUT2D eigenvalue weighted by Gasteiger charge is -2.11. The fraction of sp³-hybridized carbons (Fsp3) is 0.0400. The van der Waals surface area contributed by atoms with Crippen LogP contribution in [0.3, 0.4) is 0 Å². The van der Waals surface area contributed by atoms with Gasteiger partial charge >= 0.3 is 0 Å². The van der Waals surface area contributed by atoms with Gasteiger partial charge in [-0.2, -0.15) is 0 Å². The molecule has 5 aromatic rings. The van der Waals surface area contributed by atoms with Crippen molar-refractivity contribution in [3.8, 4) is 11.3 Å². The first kappa shape index (κ1) is 18.7. The van der Waals surface area contributed by atoms with E-state index in [1.165, 1.54) is 0 Å². The number of amides is 1. The van der Waals surface area contributed by atoms with Crippen molar-refractivity contribution in [1.29, 1.82) is 0 Å². The van der Waals surface area contributed by atoms with Crippen molar-refractivity contribution >= 4 is 33.5 Å². The molecule has 0 atom stereocenters. The minimum Gasteiger partial charge on any atom is -0.455 e. The summed E-state index contributed by atoms with van der Waals surface area (Å²) >= 11 is 0. The molecule has 0 saturated carbocycles. The van der Waals surface area contributed by atoms with Gasteiger partial charge < -0.3 is 9.73 Å². The van der Waals surface area contributed by atoms with E-state index in [1.54, 1.807) is 55.8 Å². The van der Waals surface area contributed by atoms with Gasteiger partial charge in [0.15, 0.2) is 11.0 Å². The standard InChI is InChI=1S/C25H17N3O3/c1-15-22(29)17-8-5-9-18(24(17)31-23(15)16-6-3-2-4-7-16)25(30)28-21-11-13-27-20-10-12-26-14-19(20)21/h2-14H,1H3,(H,27,28,30). The molecule has 1 amide bonds. The maximum atomic E-state index is 13.2. The van der Waals surface area contributed by atoms with Gasteiger partial charge in [-0.05, 0) is 31.2 Å². The second kappa shape index (κ2) is 7.50. The van der Waals surface area contributed by atoms with Gasteiger partial charge in [-0.25, -0.2) is 0 Å². The number of carbonyl (C=O) groups excluding carboxylic acids is 1. The Morgan fingerprint density at radius 3 is 2.61 bits per heavy atom. The molecule has 1 N–H and O–H groups in total. The molecule has 150 valence electrons. The van der Waals surface area contributed by atoms with Crippen molar-refractivity contribution < 1.29 is 9.21 Å². The molecule has 0 unspecified atom stereocenters. The van der Waals surface area contributed by atoms with Crippen LogP contribution in [0.1, 0.15) is 15.9 Å². The van der Waals surface area contributed by atoms with Gasteiger partial charge in [-0.15, -0.1) is 0 Å². The Kier molecular flexibility index (Phi) is 4.52. The molecule has 5 rings (SSSR count). The van der Waals surface area contributed by atoms with Crippen molar-refractivity contribution in [3.63, 3.8) is 0 Å². The van der Waals surface area contributed by atoms with Crippen LogP contribution in [-0.4, -0.2) is 15.9 Å². The van der Waals surface area contributed by atoms with E-state index in [1.807, 2.05) is 30.3 Å². The second-order valence-electron chi connectivity index (χ2n) is 7.14. The topological polar surface area (TPSA) is 85.1 Å². The monoisotopic (exact) mass is 407 g/mol. The number of nitrogens with zero attached hydrogens (tertiary/aromatic N) is 2. The molecule has 0 fully saturated rings. The molecule has 0 aliphatic heterocycles. The maximum absolute atomic E-state index is 13.2. The highest BCUT2D eigenvalue weighted by Crippen LogP contribution is 2.28. The van der Waals surface area contributed by atoms with Gasteiger partial charge in [0.1, 0.15) is 5.76 Å². The van der Waals surface area contributed by atoms with Crippen LogP contribution in [0.5, 0.6) is 0 Å². The van der Waals surface area contributed by atoms with Crippen LogP contribution in [0.15, 0.2) is 88.5 Å². The molecule has 0 radical (unpaired) electrons. The van der Waals surface area contributed by atoms with Crippen LogP contribution < -0.4 is 10.7 Å². The van der Waals surface area contributed by atoms with Crippen molar-refractivity contribution in [3.05, 3.63) is 101 Å². The van der Waals surface area contributed by atoms with E-state index in [0.29, 0.717) is 22.4 Å². The zero-order valence-electron chi connectivity index (χ0n) is 16.6. The Labute approximate surface area is 177 Å². The molecule has 6 heteroatoms. The lowest BCUT2D eigenvalue weighted by Crippen LogP contribution is -2.15. The van der Waals surface area contributed by atoms with Crippen molar-refractivity contribution in [2.75, 3.05) is 5.32 Å². The Hall–Kier alpha value is -4.32. The molecule has 3 aromatic heterocycles. The third-order valence-corrected chi connectivity index (χ3v) is 5.22. The number of nitrogens with one attached hydrogen (secondary N) is 1. The predicted octanol–water partition coefficient (Wildman–Crippen LogP) is 4.96. The van der Waals surface area contributed by atoms with Gasteiger partial charge in [0, 0.05) is 35.1 Å². The summed E-state index contributed by atoms with van der Waals surface area (Å²) < 4.78 is 6.15. The summed E-state index contributed by atoms with van der Waals surface area (Å²) in [6.07, 6.45) is 4.92. The minimum absolute atomic E-state index is 0.159. The first-order valence-corrected chi connectivity index (χ1v) is 9.75. The average molecular weight is 407 g/mol. The quantitative estimate of drug-likeness (QED) is 0.457. The highest BCUT2D eigenvalue weighted by Gasteiger charge is 2.19. The molecule has 2 aromatic carbocycles. The number of rotatable bonds is 3. The molecule has 6 nitrogen and oxygen atoms in total. The number of pyridine rings is 2. The number of aromatic nitrogens is 2. The number of hydrogen-bond acceptors (Lipinski definition) is 5. The number of benzene rings is 2. The molecule has 0 saturated heterocycles. The molecular formula is C25H17N3O3. The Balaban J connectivity index is 1.65. The lowest BCUT2D eigenvalue weighted by molar-refractivity contribution is 0.102. The molecule has 0 aliphatic carbocycles. The van der Waals surface area contributed by atoms with Gasteiger partial charge in [0.25, 0.3) is 5.91 Å². The maximum Gasteiger partial charge on any atom is 0.259 e. The van der Waals surface area contributed by atoms with Crippen LogP contribution in [0.25, 0.3) is 33.2 Å². The molecule has 0 spiro atoms. The molecule has 0 bridgehead atoms. The van der Waals surface area contributed by atoms with E-state index in [9.17, 15) is 9.59 Å². The van der Waals surface area contributed by atoms with Crippen LogP contribution >= 0.6 is 0 Å². The van der Waals surface area contributed by atoms with E-state index in [-0.39, 0.29) is 22.5 Å².